The van der Waals surface area contributed by atoms with Crippen molar-refractivity contribution in [3.05, 3.63) is 30.0 Å². The smallest absolute Gasteiger partial charge is 0.220 e. The number of nitrogens with one attached hydrogen (secondary N) is 1. The normalized spacial score (nSPS) is 21.1. The molecule has 0 bridgehead atoms. The zero-order valence-electron chi connectivity index (χ0n) is 9.76. The number of likely N-dealkylation sites (tertiary alicyclic amines) is 1. The average molecular weight is 233 g/mol. The highest BCUT2D eigenvalue weighted by Gasteiger charge is 2.28. The first kappa shape index (κ1) is 10.5. The highest BCUT2D eigenvalue weighted by atomic mass is 16.4. The van der Waals surface area contributed by atoms with E-state index in [1.807, 2.05) is 13.1 Å². The minimum Gasteiger partial charge on any atom is -0.425 e. The van der Waals surface area contributed by atoms with Gasteiger partial charge in [-0.25, -0.2) is 4.98 Å². The molecular weight excluding hydrogens is 218 g/mol. The Kier molecular flexibility index (Phi) is 2.64. The van der Waals surface area contributed by atoms with Crippen molar-refractivity contribution in [2.75, 3.05) is 13.1 Å². The fourth-order valence-electron chi connectivity index (χ4n) is 2.25. The molecule has 1 saturated heterocycles. The molecule has 90 valence electrons. The van der Waals surface area contributed by atoms with Crippen LogP contribution in [0.5, 0.6) is 0 Å². The third kappa shape index (κ3) is 2.21. The van der Waals surface area contributed by atoms with Gasteiger partial charge in [-0.05, 0) is 13.0 Å². The molecule has 17 heavy (non-hydrogen) atoms. The predicted octanol–water partition coefficient (Wildman–Crippen LogP) is 1.09. The summed E-state index contributed by atoms with van der Waals surface area (Å²) in [5.74, 6) is 2.78. The summed E-state index contributed by atoms with van der Waals surface area (Å²) in [6.07, 6.45) is 4.71. The van der Waals surface area contributed by atoms with Gasteiger partial charge in [0.1, 0.15) is 5.82 Å². The molecule has 2 aromatic heterocycles. The molecule has 3 heterocycles. The second-order valence-electron chi connectivity index (χ2n) is 4.42. The Balaban J connectivity index is 1.62. The summed E-state index contributed by atoms with van der Waals surface area (Å²) in [5.41, 5.74) is 0. The molecule has 0 amide bonds. The predicted molar refractivity (Wildman–Crippen MR) is 60.3 cm³/mol. The Labute approximate surface area is 99.1 Å². The fourth-order valence-corrected chi connectivity index (χ4v) is 2.25. The van der Waals surface area contributed by atoms with Gasteiger partial charge in [0.2, 0.25) is 11.8 Å². The van der Waals surface area contributed by atoms with Crippen LogP contribution in [-0.4, -0.2) is 38.2 Å². The van der Waals surface area contributed by atoms with E-state index < -0.39 is 0 Å². The lowest BCUT2D eigenvalue weighted by atomic mass is 10.1. The lowest BCUT2D eigenvalue weighted by Crippen LogP contribution is -2.20. The molecule has 2 aromatic rings. The maximum Gasteiger partial charge on any atom is 0.220 e. The van der Waals surface area contributed by atoms with Crippen molar-refractivity contribution in [2.24, 2.45) is 0 Å². The van der Waals surface area contributed by atoms with Crippen LogP contribution in [0.3, 0.4) is 0 Å². The van der Waals surface area contributed by atoms with E-state index >= 15 is 0 Å². The first-order chi connectivity index (χ1) is 8.31. The van der Waals surface area contributed by atoms with E-state index in [1.165, 1.54) is 0 Å². The number of rotatable bonds is 3. The van der Waals surface area contributed by atoms with Crippen LogP contribution in [0.15, 0.2) is 16.8 Å². The Morgan fingerprint density at radius 3 is 3.18 bits per heavy atom. The highest BCUT2D eigenvalue weighted by Crippen LogP contribution is 2.26. The second kappa shape index (κ2) is 4.29. The van der Waals surface area contributed by atoms with E-state index in [1.54, 1.807) is 6.20 Å². The number of hydrogen-bond donors (Lipinski definition) is 1. The molecule has 0 unspecified atom stereocenters. The summed E-state index contributed by atoms with van der Waals surface area (Å²) < 4.78 is 5.48. The molecule has 0 aliphatic carbocycles. The van der Waals surface area contributed by atoms with Gasteiger partial charge in [0.25, 0.3) is 0 Å². The first-order valence-electron chi connectivity index (χ1n) is 5.82. The number of H-pyrrole nitrogens is 1. The molecule has 0 radical (unpaired) electrons. The second-order valence-corrected chi connectivity index (χ2v) is 4.42. The van der Waals surface area contributed by atoms with Gasteiger partial charge in [0.05, 0.1) is 12.5 Å². The van der Waals surface area contributed by atoms with Gasteiger partial charge in [0, 0.05) is 25.9 Å². The maximum atomic E-state index is 5.48. The van der Waals surface area contributed by atoms with Crippen LogP contribution in [0, 0.1) is 6.92 Å². The van der Waals surface area contributed by atoms with Crippen LogP contribution >= 0.6 is 0 Å². The van der Waals surface area contributed by atoms with Gasteiger partial charge in [-0.15, -0.1) is 10.2 Å². The number of imidazole rings is 1. The molecule has 1 fully saturated rings. The average Bonchev–Trinajstić information content (AvgIpc) is 2.99. The van der Waals surface area contributed by atoms with Crippen LogP contribution in [0.2, 0.25) is 0 Å². The van der Waals surface area contributed by atoms with Crippen molar-refractivity contribution in [3.8, 4) is 0 Å². The first-order valence-corrected chi connectivity index (χ1v) is 5.82. The number of aromatic nitrogens is 4. The van der Waals surface area contributed by atoms with Crippen molar-refractivity contribution in [3.63, 3.8) is 0 Å². The number of aryl methyl sites for hydroxylation is 1. The molecule has 0 spiro atoms. The Bertz CT molecular complexity index is 478. The Morgan fingerprint density at radius 1 is 1.53 bits per heavy atom. The minimum atomic E-state index is 0.367. The molecule has 1 atom stereocenters. The summed E-state index contributed by atoms with van der Waals surface area (Å²) in [5, 5.41) is 7.97. The van der Waals surface area contributed by atoms with E-state index in [4.69, 9.17) is 4.42 Å². The molecule has 3 rings (SSSR count). The molecule has 6 heteroatoms. The maximum absolute atomic E-state index is 5.48. The van der Waals surface area contributed by atoms with Crippen LogP contribution in [0.4, 0.5) is 0 Å². The Hall–Kier alpha value is -1.69. The summed E-state index contributed by atoms with van der Waals surface area (Å²) in [6.45, 7) is 4.69. The molecule has 0 aromatic carbocycles. The summed E-state index contributed by atoms with van der Waals surface area (Å²) >= 11 is 0. The van der Waals surface area contributed by atoms with E-state index in [9.17, 15) is 0 Å². The molecule has 6 nitrogen and oxygen atoms in total. The topological polar surface area (TPSA) is 70.8 Å². The summed E-state index contributed by atoms with van der Waals surface area (Å²) in [7, 11) is 0. The van der Waals surface area contributed by atoms with E-state index in [0.29, 0.717) is 11.8 Å². The lowest BCUT2D eigenvalue weighted by Gasteiger charge is -2.12. The zero-order valence-corrected chi connectivity index (χ0v) is 9.76. The van der Waals surface area contributed by atoms with Crippen molar-refractivity contribution < 1.29 is 4.42 Å². The number of aromatic amines is 1. The lowest BCUT2D eigenvalue weighted by molar-refractivity contribution is 0.312. The number of nitrogens with zero attached hydrogens (tertiary/aromatic N) is 4. The summed E-state index contributed by atoms with van der Waals surface area (Å²) in [6, 6.07) is 0. The van der Waals surface area contributed by atoms with Crippen LogP contribution in [-0.2, 0) is 6.54 Å². The van der Waals surface area contributed by atoms with Gasteiger partial charge in [0.15, 0.2) is 0 Å². The van der Waals surface area contributed by atoms with Crippen molar-refractivity contribution in [2.45, 2.75) is 25.8 Å². The largest absolute Gasteiger partial charge is 0.425 e. The van der Waals surface area contributed by atoms with Gasteiger partial charge in [-0.1, -0.05) is 0 Å². The van der Waals surface area contributed by atoms with Gasteiger partial charge in [-0.2, -0.15) is 0 Å². The highest BCUT2D eigenvalue weighted by molar-refractivity contribution is 4.98. The zero-order chi connectivity index (χ0) is 11.7. The number of hydrogen-bond acceptors (Lipinski definition) is 5. The van der Waals surface area contributed by atoms with E-state index in [2.05, 4.69) is 25.1 Å². The standard InChI is InChI=1S/C11H15N5O/c1-8-14-15-11(17-8)9-2-5-16(6-9)7-10-12-3-4-13-10/h3-4,9H,2,5-7H2,1H3,(H,12,13)/t9-/m0/s1. The van der Waals surface area contributed by atoms with Crippen LogP contribution in [0.25, 0.3) is 0 Å². The molecule has 1 aliphatic rings. The van der Waals surface area contributed by atoms with Gasteiger partial charge in [-0.3, -0.25) is 4.90 Å². The van der Waals surface area contributed by atoms with Crippen molar-refractivity contribution >= 4 is 0 Å². The van der Waals surface area contributed by atoms with E-state index in [-0.39, 0.29) is 0 Å². The van der Waals surface area contributed by atoms with Crippen LogP contribution < -0.4 is 0 Å². The third-order valence-electron chi connectivity index (χ3n) is 3.09. The SMILES string of the molecule is Cc1nnc([C@H]2CCN(Cc3ncc[nH]3)C2)o1. The Morgan fingerprint density at radius 2 is 2.47 bits per heavy atom. The molecule has 1 N–H and O–H groups in total. The molecule has 1 aliphatic heterocycles. The van der Waals surface area contributed by atoms with E-state index in [0.717, 1.165) is 37.8 Å². The van der Waals surface area contributed by atoms with Gasteiger partial charge < -0.3 is 9.40 Å². The fraction of sp³-hybridized carbons (Fsp3) is 0.545. The monoisotopic (exact) mass is 233 g/mol. The quantitative estimate of drug-likeness (QED) is 0.859. The molecule has 0 saturated carbocycles. The van der Waals surface area contributed by atoms with Crippen molar-refractivity contribution in [1.29, 1.82) is 0 Å². The molecular formula is C11H15N5O. The van der Waals surface area contributed by atoms with Gasteiger partial charge >= 0.3 is 0 Å². The van der Waals surface area contributed by atoms with Crippen molar-refractivity contribution in [1.82, 2.24) is 25.1 Å². The third-order valence-corrected chi connectivity index (χ3v) is 3.09. The summed E-state index contributed by atoms with van der Waals surface area (Å²) in [4.78, 5) is 9.70. The van der Waals surface area contributed by atoms with Crippen LogP contribution in [0.1, 0.15) is 29.9 Å². The minimum absolute atomic E-state index is 0.367.